The van der Waals surface area contributed by atoms with E-state index in [1.165, 1.54) is 0 Å². The van der Waals surface area contributed by atoms with Crippen molar-refractivity contribution in [2.75, 3.05) is 25.0 Å². The molecule has 0 aliphatic carbocycles. The Morgan fingerprint density at radius 3 is 2.82 bits per heavy atom. The van der Waals surface area contributed by atoms with Crippen LogP contribution >= 0.6 is 0 Å². The molecule has 2 aromatic carbocycles. The van der Waals surface area contributed by atoms with Crippen LogP contribution in [0.25, 0.3) is 33.2 Å². The molecule has 0 amide bonds. The molecule has 1 N–H and O–H groups in total. The predicted octanol–water partition coefficient (Wildman–Crippen LogP) is 4.32. The molecular weight excluding hydrogens is 348 g/mol. The third-order valence-electron chi connectivity index (χ3n) is 5.61. The van der Waals surface area contributed by atoms with Crippen LogP contribution in [-0.4, -0.2) is 31.2 Å². The van der Waals surface area contributed by atoms with E-state index in [1.807, 2.05) is 43.4 Å². The van der Waals surface area contributed by atoms with Crippen LogP contribution in [0.1, 0.15) is 12.0 Å². The Balaban J connectivity index is 1.89. The van der Waals surface area contributed by atoms with Crippen LogP contribution in [-0.2, 0) is 0 Å². The number of rotatable bonds is 3. The van der Waals surface area contributed by atoms with E-state index in [0.717, 1.165) is 47.1 Å². The summed E-state index contributed by atoms with van der Waals surface area (Å²) in [5.41, 5.74) is 5.03. The van der Waals surface area contributed by atoms with Gasteiger partial charge in [0.1, 0.15) is 6.07 Å². The summed E-state index contributed by atoms with van der Waals surface area (Å²) in [5, 5.41) is 15.1. The minimum Gasteiger partial charge on any atom is -0.436 e. The number of anilines is 1. The smallest absolute Gasteiger partial charge is 0.227 e. The number of nitriles is 1. The highest BCUT2D eigenvalue weighted by Crippen LogP contribution is 2.44. The number of likely N-dealkylation sites (N-methyl/N-ethyl adjacent to an activating group) is 1. The number of benzene rings is 2. The molecule has 5 nitrogen and oxygen atoms in total. The normalized spacial score (nSPS) is 16.7. The minimum absolute atomic E-state index is 0.450. The van der Waals surface area contributed by atoms with Gasteiger partial charge < -0.3 is 14.6 Å². The standard InChI is InChI=1S/C23H20N4O/c1-25-17-9-11-27(14-17)21-19(15-6-3-2-4-7-15)12-16(13-24)22-20(21)18-8-5-10-26-23(18)28-22/h2-8,10,12,17,25H,9,11,14H2,1H3/t17-/m0/s1. The van der Waals surface area contributed by atoms with Gasteiger partial charge in [-0.1, -0.05) is 30.3 Å². The van der Waals surface area contributed by atoms with Crippen LogP contribution in [0.2, 0.25) is 0 Å². The molecule has 0 saturated carbocycles. The molecule has 28 heavy (non-hydrogen) atoms. The van der Waals surface area contributed by atoms with E-state index in [4.69, 9.17) is 4.42 Å². The van der Waals surface area contributed by atoms with Gasteiger partial charge in [-0.05, 0) is 37.2 Å². The number of hydrogen-bond donors (Lipinski definition) is 1. The monoisotopic (exact) mass is 368 g/mol. The second kappa shape index (κ2) is 6.66. The lowest BCUT2D eigenvalue weighted by molar-refractivity contribution is 0.617. The zero-order valence-electron chi connectivity index (χ0n) is 15.6. The van der Waals surface area contributed by atoms with Crippen molar-refractivity contribution >= 4 is 27.8 Å². The van der Waals surface area contributed by atoms with Crippen molar-refractivity contribution in [2.24, 2.45) is 0 Å². The van der Waals surface area contributed by atoms with Crippen molar-refractivity contribution < 1.29 is 4.42 Å². The van der Waals surface area contributed by atoms with Gasteiger partial charge in [0.15, 0.2) is 5.58 Å². The largest absolute Gasteiger partial charge is 0.436 e. The predicted molar refractivity (Wildman–Crippen MR) is 111 cm³/mol. The van der Waals surface area contributed by atoms with Crippen LogP contribution < -0.4 is 10.2 Å². The van der Waals surface area contributed by atoms with E-state index in [1.54, 1.807) is 6.20 Å². The third kappa shape index (κ3) is 2.54. The highest BCUT2D eigenvalue weighted by Gasteiger charge is 2.28. The number of pyridine rings is 1. The first-order valence-corrected chi connectivity index (χ1v) is 9.52. The Bertz CT molecular complexity index is 1210. The highest BCUT2D eigenvalue weighted by atomic mass is 16.3. The quantitative estimate of drug-likeness (QED) is 0.583. The SMILES string of the molecule is CN[C@H]1CCN(c2c(-c3ccccc3)cc(C#N)c3oc4ncccc4c23)C1. The summed E-state index contributed by atoms with van der Waals surface area (Å²) < 4.78 is 6.04. The molecule has 3 heterocycles. The van der Waals surface area contributed by atoms with Crippen LogP contribution in [0.4, 0.5) is 5.69 Å². The van der Waals surface area contributed by atoms with Crippen molar-refractivity contribution in [1.29, 1.82) is 5.26 Å². The first kappa shape index (κ1) is 16.8. The summed E-state index contributed by atoms with van der Waals surface area (Å²) in [6.45, 7) is 1.88. The summed E-state index contributed by atoms with van der Waals surface area (Å²) in [6, 6.07) is 18.9. The molecule has 0 bridgehead atoms. The van der Waals surface area contributed by atoms with Crippen LogP contribution in [0.5, 0.6) is 0 Å². The van der Waals surface area contributed by atoms with Gasteiger partial charge in [-0.3, -0.25) is 0 Å². The van der Waals surface area contributed by atoms with Gasteiger partial charge in [0.05, 0.1) is 22.0 Å². The lowest BCUT2D eigenvalue weighted by Gasteiger charge is -2.24. The maximum atomic E-state index is 9.81. The molecule has 0 spiro atoms. The van der Waals surface area contributed by atoms with Crippen molar-refractivity contribution in [3.8, 4) is 17.2 Å². The molecule has 0 radical (unpaired) electrons. The zero-order chi connectivity index (χ0) is 19.1. The van der Waals surface area contributed by atoms with Crippen LogP contribution in [0.3, 0.4) is 0 Å². The second-order valence-corrected chi connectivity index (χ2v) is 7.18. The number of furan rings is 1. The summed E-state index contributed by atoms with van der Waals surface area (Å²) in [7, 11) is 2.01. The number of nitrogens with zero attached hydrogens (tertiary/aromatic N) is 3. The summed E-state index contributed by atoms with van der Waals surface area (Å²) in [5.74, 6) is 0. The average Bonchev–Trinajstić information content (AvgIpc) is 3.38. The van der Waals surface area contributed by atoms with E-state index in [9.17, 15) is 5.26 Å². The summed E-state index contributed by atoms with van der Waals surface area (Å²) >= 11 is 0. The molecule has 1 saturated heterocycles. The van der Waals surface area contributed by atoms with Crippen molar-refractivity contribution in [2.45, 2.75) is 12.5 Å². The van der Waals surface area contributed by atoms with Crippen molar-refractivity contribution in [3.63, 3.8) is 0 Å². The number of hydrogen-bond acceptors (Lipinski definition) is 5. The number of aromatic nitrogens is 1. The maximum absolute atomic E-state index is 9.81. The van der Waals surface area contributed by atoms with Crippen molar-refractivity contribution in [3.05, 3.63) is 60.3 Å². The Morgan fingerprint density at radius 1 is 1.21 bits per heavy atom. The van der Waals surface area contributed by atoms with Crippen LogP contribution in [0, 0.1) is 11.3 Å². The molecule has 2 aromatic heterocycles. The molecule has 1 aliphatic rings. The third-order valence-corrected chi connectivity index (χ3v) is 5.61. The van der Waals surface area contributed by atoms with Gasteiger partial charge in [-0.25, -0.2) is 4.98 Å². The first-order chi connectivity index (χ1) is 13.8. The van der Waals surface area contributed by atoms with Gasteiger partial charge in [0.2, 0.25) is 5.71 Å². The average molecular weight is 368 g/mol. The molecule has 138 valence electrons. The van der Waals surface area contributed by atoms with Gasteiger partial charge in [0.25, 0.3) is 0 Å². The fraction of sp³-hybridized carbons (Fsp3) is 0.217. The van der Waals surface area contributed by atoms with E-state index in [0.29, 0.717) is 22.9 Å². The molecule has 4 aromatic rings. The molecule has 5 rings (SSSR count). The maximum Gasteiger partial charge on any atom is 0.227 e. The molecule has 1 fully saturated rings. The van der Waals surface area contributed by atoms with Gasteiger partial charge in [-0.2, -0.15) is 5.26 Å². The Labute approximate surface area is 163 Å². The van der Waals surface area contributed by atoms with Gasteiger partial charge in [0, 0.05) is 30.9 Å². The van der Waals surface area contributed by atoms with E-state index < -0.39 is 0 Å². The molecule has 1 aliphatic heterocycles. The fourth-order valence-electron chi connectivity index (χ4n) is 4.22. The fourth-order valence-corrected chi connectivity index (χ4v) is 4.22. The molecule has 5 heteroatoms. The zero-order valence-corrected chi connectivity index (χ0v) is 15.6. The van der Waals surface area contributed by atoms with Crippen molar-refractivity contribution in [1.82, 2.24) is 10.3 Å². The van der Waals surface area contributed by atoms with Crippen LogP contribution in [0.15, 0.2) is 59.1 Å². The Hall–Kier alpha value is -3.36. The highest BCUT2D eigenvalue weighted by molar-refractivity contribution is 6.16. The van der Waals surface area contributed by atoms with E-state index in [-0.39, 0.29) is 0 Å². The van der Waals surface area contributed by atoms with Gasteiger partial charge >= 0.3 is 0 Å². The first-order valence-electron chi connectivity index (χ1n) is 9.52. The lowest BCUT2D eigenvalue weighted by atomic mass is 9.96. The minimum atomic E-state index is 0.450. The Kier molecular flexibility index (Phi) is 4.00. The number of nitrogens with one attached hydrogen (secondary N) is 1. The number of fused-ring (bicyclic) bond motifs is 3. The van der Waals surface area contributed by atoms with E-state index in [2.05, 4.69) is 33.4 Å². The Morgan fingerprint density at radius 2 is 2.07 bits per heavy atom. The van der Waals surface area contributed by atoms with E-state index >= 15 is 0 Å². The lowest BCUT2D eigenvalue weighted by Crippen LogP contribution is -2.29. The van der Waals surface area contributed by atoms with Gasteiger partial charge in [-0.15, -0.1) is 0 Å². The topological polar surface area (TPSA) is 65.1 Å². The summed E-state index contributed by atoms with van der Waals surface area (Å²) in [6.07, 6.45) is 2.81. The summed E-state index contributed by atoms with van der Waals surface area (Å²) in [4.78, 5) is 6.80. The molecule has 0 unspecified atom stereocenters. The molecule has 1 atom stereocenters. The second-order valence-electron chi connectivity index (χ2n) is 7.18. The molecular formula is C23H20N4O.